The van der Waals surface area contributed by atoms with Crippen molar-refractivity contribution < 1.29 is 9.66 Å². The molecule has 0 atom stereocenters. The number of hydrogen-bond donors (Lipinski definition) is 1. The minimum atomic E-state index is -0.519. The number of anilines is 1. The highest BCUT2D eigenvalue weighted by Crippen LogP contribution is 2.20. The summed E-state index contributed by atoms with van der Waals surface area (Å²) in [7, 11) is 0. The van der Waals surface area contributed by atoms with E-state index >= 15 is 0 Å². The lowest BCUT2D eigenvalue weighted by Gasteiger charge is -2.17. The molecular weight excluding hydrogens is 236 g/mol. The predicted molar refractivity (Wildman–Crippen MR) is 68.6 cm³/mol. The van der Waals surface area contributed by atoms with Crippen molar-refractivity contribution in [3.8, 4) is 5.88 Å². The number of hydrogen-bond acceptors (Lipinski definition) is 6. The minimum Gasteiger partial charge on any atom is -0.476 e. The summed E-state index contributed by atoms with van der Waals surface area (Å²) in [6.45, 7) is 7.17. The Hall–Kier alpha value is -1.89. The number of pyridine rings is 1. The lowest BCUT2D eigenvalue weighted by molar-refractivity contribution is -0.384. The van der Waals surface area contributed by atoms with Crippen molar-refractivity contribution >= 4 is 11.5 Å². The lowest BCUT2D eigenvalue weighted by atomic mass is 10.4. The molecule has 18 heavy (non-hydrogen) atoms. The summed E-state index contributed by atoms with van der Waals surface area (Å²) in [5, 5.41) is 10.6. The van der Waals surface area contributed by atoms with E-state index in [1.807, 2.05) is 0 Å². The third-order valence-corrected chi connectivity index (χ3v) is 2.57. The third-order valence-electron chi connectivity index (χ3n) is 2.57. The van der Waals surface area contributed by atoms with Crippen LogP contribution in [0.5, 0.6) is 5.88 Å². The molecule has 0 saturated carbocycles. The molecule has 0 spiro atoms. The van der Waals surface area contributed by atoms with Crippen molar-refractivity contribution in [2.24, 2.45) is 0 Å². The van der Waals surface area contributed by atoms with Gasteiger partial charge >= 0.3 is 0 Å². The van der Waals surface area contributed by atoms with E-state index in [0.29, 0.717) is 6.61 Å². The van der Waals surface area contributed by atoms with Crippen molar-refractivity contribution in [3.63, 3.8) is 0 Å². The summed E-state index contributed by atoms with van der Waals surface area (Å²) in [4.78, 5) is 16.2. The second-order valence-corrected chi connectivity index (χ2v) is 3.72. The molecule has 0 amide bonds. The number of nitrogens with two attached hydrogens (primary N) is 1. The molecule has 1 heterocycles. The van der Waals surface area contributed by atoms with Gasteiger partial charge in [-0.25, -0.2) is 0 Å². The van der Waals surface area contributed by atoms with Gasteiger partial charge in [-0.3, -0.25) is 10.1 Å². The molecule has 1 aromatic rings. The lowest BCUT2D eigenvalue weighted by Crippen LogP contribution is -2.28. The molecule has 0 aliphatic heterocycles. The molecule has 7 heteroatoms. The second-order valence-electron chi connectivity index (χ2n) is 3.72. The van der Waals surface area contributed by atoms with E-state index in [4.69, 9.17) is 10.5 Å². The highest BCUT2D eigenvalue weighted by molar-refractivity contribution is 5.45. The van der Waals surface area contributed by atoms with Gasteiger partial charge in [0.2, 0.25) is 5.88 Å². The van der Waals surface area contributed by atoms with Crippen molar-refractivity contribution in [1.82, 2.24) is 9.88 Å². The van der Waals surface area contributed by atoms with Crippen LogP contribution in [-0.2, 0) is 0 Å². The monoisotopic (exact) mass is 254 g/mol. The molecule has 0 aliphatic rings. The third kappa shape index (κ3) is 4.17. The van der Waals surface area contributed by atoms with Crippen molar-refractivity contribution in [1.29, 1.82) is 0 Å². The summed E-state index contributed by atoms with van der Waals surface area (Å²) in [6, 6.07) is 2.48. The van der Waals surface area contributed by atoms with Crippen LogP contribution in [-0.4, -0.2) is 41.0 Å². The van der Waals surface area contributed by atoms with E-state index in [0.717, 1.165) is 19.6 Å². The van der Waals surface area contributed by atoms with Crippen LogP contribution < -0.4 is 10.5 Å². The van der Waals surface area contributed by atoms with Gasteiger partial charge in [-0.15, -0.1) is 0 Å². The van der Waals surface area contributed by atoms with E-state index in [9.17, 15) is 10.1 Å². The summed E-state index contributed by atoms with van der Waals surface area (Å²) in [5.41, 5.74) is 5.36. The number of ether oxygens (including phenoxy) is 1. The standard InChI is InChI=1S/C11H18N4O3/c1-3-14(4-2)5-6-18-11-8-9(15(16)17)7-10(12)13-11/h7-8H,3-6H2,1-2H3,(H2,12,13). The summed E-state index contributed by atoms with van der Waals surface area (Å²) in [6.07, 6.45) is 0. The van der Waals surface area contributed by atoms with Gasteiger partial charge < -0.3 is 15.4 Å². The van der Waals surface area contributed by atoms with Gasteiger partial charge in [0.1, 0.15) is 12.4 Å². The zero-order valence-electron chi connectivity index (χ0n) is 10.6. The van der Waals surface area contributed by atoms with E-state index in [1.165, 1.54) is 12.1 Å². The van der Waals surface area contributed by atoms with Gasteiger partial charge in [0.15, 0.2) is 0 Å². The largest absolute Gasteiger partial charge is 0.476 e. The Bertz CT molecular complexity index is 407. The minimum absolute atomic E-state index is 0.0852. The molecule has 1 rings (SSSR count). The molecule has 100 valence electrons. The Morgan fingerprint density at radius 2 is 2.11 bits per heavy atom. The van der Waals surface area contributed by atoms with Gasteiger partial charge in [-0.05, 0) is 13.1 Å². The van der Waals surface area contributed by atoms with Gasteiger partial charge in [0, 0.05) is 6.54 Å². The molecule has 0 unspecified atom stereocenters. The Kier molecular flexibility index (Phi) is 5.31. The fourth-order valence-electron chi connectivity index (χ4n) is 1.51. The van der Waals surface area contributed by atoms with Crippen LogP contribution in [0.15, 0.2) is 12.1 Å². The van der Waals surface area contributed by atoms with E-state index in [-0.39, 0.29) is 17.4 Å². The number of rotatable bonds is 7. The quantitative estimate of drug-likeness (QED) is 0.582. The molecule has 1 aromatic heterocycles. The maximum atomic E-state index is 10.6. The van der Waals surface area contributed by atoms with Gasteiger partial charge in [-0.1, -0.05) is 13.8 Å². The van der Waals surface area contributed by atoms with Crippen molar-refractivity contribution in [3.05, 3.63) is 22.2 Å². The molecule has 0 aromatic carbocycles. The zero-order valence-corrected chi connectivity index (χ0v) is 10.6. The van der Waals surface area contributed by atoms with Crippen LogP contribution in [0, 0.1) is 10.1 Å². The van der Waals surface area contributed by atoms with Gasteiger partial charge in [0.25, 0.3) is 5.69 Å². The Morgan fingerprint density at radius 1 is 1.44 bits per heavy atom. The second kappa shape index (κ2) is 6.75. The van der Waals surface area contributed by atoms with Crippen LogP contribution in [0.3, 0.4) is 0 Å². The number of nitro groups is 1. The van der Waals surface area contributed by atoms with Crippen molar-refractivity contribution in [2.45, 2.75) is 13.8 Å². The van der Waals surface area contributed by atoms with E-state index in [1.54, 1.807) is 0 Å². The number of nitrogen functional groups attached to an aromatic ring is 1. The first-order valence-corrected chi connectivity index (χ1v) is 5.84. The first-order valence-electron chi connectivity index (χ1n) is 5.84. The first kappa shape index (κ1) is 14.2. The average Bonchev–Trinajstić information content (AvgIpc) is 2.34. The van der Waals surface area contributed by atoms with E-state index < -0.39 is 4.92 Å². The zero-order chi connectivity index (χ0) is 13.5. The Morgan fingerprint density at radius 3 is 2.67 bits per heavy atom. The maximum Gasteiger partial charge on any atom is 0.278 e. The van der Waals surface area contributed by atoms with Gasteiger partial charge in [0.05, 0.1) is 17.1 Å². The van der Waals surface area contributed by atoms with Crippen LogP contribution in [0.4, 0.5) is 11.5 Å². The number of likely N-dealkylation sites (N-methyl/N-ethyl adjacent to an activating group) is 1. The molecule has 0 aliphatic carbocycles. The smallest absolute Gasteiger partial charge is 0.278 e. The topological polar surface area (TPSA) is 94.5 Å². The Balaban J connectivity index is 2.59. The van der Waals surface area contributed by atoms with Crippen LogP contribution in [0.2, 0.25) is 0 Å². The molecule has 2 N–H and O–H groups in total. The van der Waals surface area contributed by atoms with Crippen LogP contribution in [0.25, 0.3) is 0 Å². The molecule has 0 fully saturated rings. The summed E-state index contributed by atoms with van der Waals surface area (Å²) < 4.78 is 5.37. The first-order chi connectivity index (χ1) is 8.56. The predicted octanol–water partition coefficient (Wildman–Crippen LogP) is 1.29. The highest BCUT2D eigenvalue weighted by atomic mass is 16.6. The summed E-state index contributed by atoms with van der Waals surface area (Å²) >= 11 is 0. The van der Waals surface area contributed by atoms with Crippen LogP contribution in [0.1, 0.15) is 13.8 Å². The normalized spacial score (nSPS) is 10.6. The number of aromatic nitrogens is 1. The highest BCUT2D eigenvalue weighted by Gasteiger charge is 2.10. The van der Waals surface area contributed by atoms with Gasteiger partial charge in [-0.2, -0.15) is 4.98 Å². The molecular formula is C11H18N4O3. The molecule has 0 radical (unpaired) electrons. The fraction of sp³-hybridized carbons (Fsp3) is 0.545. The SMILES string of the molecule is CCN(CC)CCOc1cc([N+](=O)[O-])cc(N)n1. The molecule has 0 bridgehead atoms. The van der Waals surface area contributed by atoms with Crippen LogP contribution >= 0.6 is 0 Å². The summed E-state index contributed by atoms with van der Waals surface area (Å²) in [5.74, 6) is 0.274. The van der Waals surface area contributed by atoms with E-state index in [2.05, 4.69) is 23.7 Å². The average molecular weight is 254 g/mol. The molecule has 7 nitrogen and oxygen atoms in total. The maximum absolute atomic E-state index is 10.6. The van der Waals surface area contributed by atoms with Crippen molar-refractivity contribution in [2.75, 3.05) is 32.0 Å². The fourth-order valence-corrected chi connectivity index (χ4v) is 1.51. The Labute approximate surface area is 106 Å². The number of nitrogens with zero attached hydrogens (tertiary/aromatic N) is 3. The molecule has 0 saturated heterocycles.